The molecule has 0 aromatic carbocycles. The van der Waals surface area contributed by atoms with Crippen molar-refractivity contribution >= 4 is 11.3 Å². The van der Waals surface area contributed by atoms with Gasteiger partial charge in [-0.15, -0.1) is 11.3 Å². The second-order valence-electron chi connectivity index (χ2n) is 3.50. The van der Waals surface area contributed by atoms with Gasteiger partial charge in [0.25, 0.3) is 0 Å². The lowest BCUT2D eigenvalue weighted by Crippen LogP contribution is -1.88. The Kier molecular flexibility index (Phi) is 3.18. The minimum atomic E-state index is 0.202. The van der Waals surface area contributed by atoms with Gasteiger partial charge in [0.2, 0.25) is 0 Å². The molecule has 0 aliphatic carbocycles. The van der Waals surface area contributed by atoms with Crippen LogP contribution < -0.4 is 0 Å². The quantitative estimate of drug-likeness (QED) is 0.866. The van der Waals surface area contributed by atoms with E-state index in [1.54, 1.807) is 17.5 Å². The highest BCUT2D eigenvalue weighted by Gasteiger charge is 2.11. The van der Waals surface area contributed by atoms with Crippen molar-refractivity contribution < 1.29 is 9.63 Å². The molecule has 4 heteroatoms. The second-order valence-corrected chi connectivity index (χ2v) is 4.41. The van der Waals surface area contributed by atoms with Gasteiger partial charge in [-0.25, -0.2) is 0 Å². The Bertz CT molecular complexity index is 433. The van der Waals surface area contributed by atoms with E-state index in [2.05, 4.69) is 23.5 Å². The normalized spacial score (nSPS) is 10.8. The molecule has 1 N–H and O–H groups in total. The molecule has 0 saturated carbocycles. The lowest BCUT2D eigenvalue weighted by atomic mass is 10.1. The van der Waals surface area contributed by atoms with Gasteiger partial charge < -0.3 is 9.63 Å². The summed E-state index contributed by atoms with van der Waals surface area (Å²) in [7, 11) is 0. The molecule has 2 aromatic heterocycles. The van der Waals surface area contributed by atoms with Crippen molar-refractivity contribution in [3.63, 3.8) is 0 Å². The van der Waals surface area contributed by atoms with E-state index in [1.165, 1.54) is 5.56 Å². The van der Waals surface area contributed by atoms with Gasteiger partial charge >= 0.3 is 0 Å². The molecule has 0 bridgehead atoms. The van der Waals surface area contributed by atoms with Crippen molar-refractivity contribution in [2.24, 2.45) is 0 Å². The summed E-state index contributed by atoms with van der Waals surface area (Å²) < 4.78 is 5.24. The van der Waals surface area contributed by atoms with E-state index in [-0.39, 0.29) is 6.61 Å². The Hall–Kier alpha value is -1.13. The molecule has 2 rings (SSSR count). The number of hydrogen-bond donors (Lipinski definition) is 1. The third-order valence-corrected chi connectivity index (χ3v) is 3.25. The Balaban J connectivity index is 2.24. The Morgan fingerprint density at radius 2 is 2.40 bits per heavy atom. The average molecular weight is 223 g/mol. The van der Waals surface area contributed by atoms with Crippen LogP contribution in [0.5, 0.6) is 0 Å². The first-order valence-electron chi connectivity index (χ1n) is 4.91. The molecule has 0 atom stereocenters. The molecule has 80 valence electrons. The van der Waals surface area contributed by atoms with Crippen molar-refractivity contribution in [1.82, 2.24) is 5.16 Å². The Labute approximate surface area is 92.3 Å². The van der Waals surface area contributed by atoms with Crippen LogP contribution in [0.3, 0.4) is 0 Å². The number of aliphatic hydroxyl groups is 1. The monoisotopic (exact) mass is 223 g/mol. The highest BCUT2D eigenvalue weighted by molar-refractivity contribution is 7.13. The van der Waals surface area contributed by atoms with Crippen LogP contribution >= 0.6 is 11.3 Å². The first kappa shape index (κ1) is 10.4. The van der Waals surface area contributed by atoms with Gasteiger partial charge in [0.05, 0.1) is 11.1 Å². The van der Waals surface area contributed by atoms with Crippen molar-refractivity contribution in [3.8, 4) is 10.6 Å². The maximum absolute atomic E-state index is 8.78. The minimum Gasteiger partial charge on any atom is -0.396 e. The van der Waals surface area contributed by atoms with Gasteiger partial charge in [-0.3, -0.25) is 0 Å². The van der Waals surface area contributed by atoms with Gasteiger partial charge in [-0.1, -0.05) is 5.16 Å². The van der Waals surface area contributed by atoms with E-state index in [0.29, 0.717) is 0 Å². The fourth-order valence-electron chi connectivity index (χ4n) is 1.46. The van der Waals surface area contributed by atoms with Crippen LogP contribution in [0.15, 0.2) is 22.2 Å². The van der Waals surface area contributed by atoms with Gasteiger partial charge in [0, 0.05) is 12.2 Å². The molecule has 0 unspecified atom stereocenters. The second kappa shape index (κ2) is 4.59. The molecule has 0 aliphatic rings. The number of aryl methyl sites for hydroxylation is 2. The van der Waals surface area contributed by atoms with Gasteiger partial charge in [0.1, 0.15) is 0 Å². The third kappa shape index (κ3) is 2.27. The molecule has 2 aromatic rings. The van der Waals surface area contributed by atoms with Crippen molar-refractivity contribution in [1.29, 1.82) is 0 Å². The zero-order valence-corrected chi connectivity index (χ0v) is 9.38. The molecular formula is C11H13NO2S. The lowest BCUT2D eigenvalue weighted by Gasteiger charge is -1.96. The number of thiophene rings is 1. The van der Waals surface area contributed by atoms with Crippen LogP contribution in [0.2, 0.25) is 0 Å². The van der Waals surface area contributed by atoms with Crippen LogP contribution in [-0.4, -0.2) is 16.9 Å². The van der Waals surface area contributed by atoms with Crippen LogP contribution in [0.25, 0.3) is 10.6 Å². The van der Waals surface area contributed by atoms with Crippen LogP contribution in [0.4, 0.5) is 0 Å². The van der Waals surface area contributed by atoms with E-state index in [4.69, 9.17) is 9.63 Å². The third-order valence-electron chi connectivity index (χ3n) is 2.20. The summed E-state index contributed by atoms with van der Waals surface area (Å²) in [6, 6.07) is 2.09. The van der Waals surface area contributed by atoms with Gasteiger partial charge in [-0.05, 0) is 36.8 Å². The minimum absolute atomic E-state index is 0.202. The van der Waals surface area contributed by atoms with E-state index >= 15 is 0 Å². The lowest BCUT2D eigenvalue weighted by molar-refractivity contribution is 0.288. The SMILES string of the molecule is Cc1csc(-c2oncc2CCCO)c1. The number of aromatic nitrogens is 1. The summed E-state index contributed by atoms with van der Waals surface area (Å²) in [6.45, 7) is 2.26. The largest absolute Gasteiger partial charge is 0.396 e. The summed E-state index contributed by atoms with van der Waals surface area (Å²) in [5.74, 6) is 0.849. The van der Waals surface area contributed by atoms with Crippen LogP contribution in [0.1, 0.15) is 17.5 Å². The molecule has 3 nitrogen and oxygen atoms in total. The predicted molar refractivity (Wildman–Crippen MR) is 60.0 cm³/mol. The number of nitrogens with zero attached hydrogens (tertiary/aromatic N) is 1. The standard InChI is InChI=1S/C11H13NO2S/c1-8-5-10(15-7-8)11-9(3-2-4-13)6-12-14-11/h5-7,13H,2-4H2,1H3. The molecule has 0 fully saturated rings. The summed E-state index contributed by atoms with van der Waals surface area (Å²) in [6.07, 6.45) is 3.30. The van der Waals surface area contributed by atoms with Crippen LogP contribution in [0, 0.1) is 6.92 Å². The maximum Gasteiger partial charge on any atom is 0.179 e. The topological polar surface area (TPSA) is 46.3 Å². The zero-order valence-electron chi connectivity index (χ0n) is 8.56. The Morgan fingerprint density at radius 1 is 1.53 bits per heavy atom. The zero-order chi connectivity index (χ0) is 10.7. The maximum atomic E-state index is 8.78. The molecule has 0 radical (unpaired) electrons. The fraction of sp³-hybridized carbons (Fsp3) is 0.364. The summed E-state index contributed by atoms with van der Waals surface area (Å²) in [5, 5.41) is 14.7. The highest BCUT2D eigenvalue weighted by atomic mass is 32.1. The van der Waals surface area contributed by atoms with Gasteiger partial charge in [-0.2, -0.15) is 0 Å². The van der Waals surface area contributed by atoms with Crippen molar-refractivity contribution in [3.05, 3.63) is 28.8 Å². The first-order chi connectivity index (χ1) is 7.31. The summed E-state index contributed by atoms with van der Waals surface area (Å²) >= 11 is 1.66. The predicted octanol–water partition coefficient (Wildman–Crippen LogP) is 2.64. The summed E-state index contributed by atoms with van der Waals surface area (Å²) in [5.41, 5.74) is 2.31. The first-order valence-corrected chi connectivity index (χ1v) is 5.79. The van der Waals surface area contributed by atoms with E-state index in [0.717, 1.165) is 29.0 Å². The van der Waals surface area contributed by atoms with E-state index in [9.17, 15) is 0 Å². The van der Waals surface area contributed by atoms with Crippen LogP contribution in [-0.2, 0) is 6.42 Å². The fourth-order valence-corrected chi connectivity index (χ4v) is 2.37. The highest BCUT2D eigenvalue weighted by Crippen LogP contribution is 2.30. The molecular weight excluding hydrogens is 210 g/mol. The number of aliphatic hydroxyl groups excluding tert-OH is 1. The molecule has 15 heavy (non-hydrogen) atoms. The summed E-state index contributed by atoms with van der Waals surface area (Å²) in [4.78, 5) is 1.11. The number of hydrogen-bond acceptors (Lipinski definition) is 4. The Morgan fingerprint density at radius 3 is 3.07 bits per heavy atom. The molecule has 2 heterocycles. The number of rotatable bonds is 4. The van der Waals surface area contributed by atoms with Crippen molar-refractivity contribution in [2.45, 2.75) is 19.8 Å². The average Bonchev–Trinajstić information content (AvgIpc) is 2.82. The van der Waals surface area contributed by atoms with Gasteiger partial charge in [0.15, 0.2) is 5.76 Å². The van der Waals surface area contributed by atoms with E-state index in [1.807, 2.05) is 0 Å². The van der Waals surface area contributed by atoms with E-state index < -0.39 is 0 Å². The molecule has 0 saturated heterocycles. The molecule has 0 amide bonds. The smallest absolute Gasteiger partial charge is 0.179 e. The molecule has 0 aliphatic heterocycles. The molecule has 0 spiro atoms. The van der Waals surface area contributed by atoms with Crippen molar-refractivity contribution in [2.75, 3.05) is 6.61 Å².